The predicted molar refractivity (Wildman–Crippen MR) is 145 cm³/mol. The number of rotatable bonds is 12. The summed E-state index contributed by atoms with van der Waals surface area (Å²) in [5, 5.41) is 11.5. The van der Waals surface area contributed by atoms with Gasteiger partial charge in [0.05, 0.1) is 39.6 Å². The van der Waals surface area contributed by atoms with Crippen molar-refractivity contribution in [1.82, 2.24) is 9.80 Å². The lowest BCUT2D eigenvalue weighted by atomic mass is 9.94. The Bertz CT molecular complexity index is 1180. The molecule has 0 saturated carbocycles. The van der Waals surface area contributed by atoms with Crippen LogP contribution in [0, 0.1) is 6.92 Å². The van der Waals surface area contributed by atoms with Crippen LogP contribution in [0.2, 0.25) is 0 Å². The van der Waals surface area contributed by atoms with E-state index in [0.29, 0.717) is 53.7 Å². The number of aliphatic hydroxyl groups is 1. The Balaban J connectivity index is 2.19. The molecule has 3 rings (SSSR count). The highest BCUT2D eigenvalue weighted by Crippen LogP contribution is 2.45. The first-order valence-corrected chi connectivity index (χ1v) is 12.6. The lowest BCUT2D eigenvalue weighted by Crippen LogP contribution is -2.32. The summed E-state index contributed by atoms with van der Waals surface area (Å²) in [6.07, 6.45) is 1.51. The van der Waals surface area contributed by atoms with Crippen LogP contribution in [0.3, 0.4) is 0 Å². The lowest BCUT2D eigenvalue weighted by molar-refractivity contribution is -0.139. The molecule has 2 aromatic carbocycles. The van der Waals surface area contributed by atoms with Crippen molar-refractivity contribution in [2.75, 3.05) is 55.1 Å². The summed E-state index contributed by atoms with van der Waals surface area (Å²) in [6, 6.07) is 7.78. The summed E-state index contributed by atoms with van der Waals surface area (Å²) < 4.78 is 22.3. The van der Waals surface area contributed by atoms with Gasteiger partial charge in [0.2, 0.25) is 5.75 Å². The van der Waals surface area contributed by atoms with Gasteiger partial charge in [-0.1, -0.05) is 6.92 Å². The largest absolute Gasteiger partial charge is 0.507 e. The molecule has 2 aromatic rings. The van der Waals surface area contributed by atoms with E-state index >= 15 is 0 Å². The zero-order valence-electron chi connectivity index (χ0n) is 23.3. The molecular formula is C29H38N2O7. The van der Waals surface area contributed by atoms with Crippen LogP contribution >= 0.6 is 0 Å². The number of carbonyl (C=O) groups is 2. The number of aliphatic hydroxyl groups excluding tert-OH is 1. The molecule has 1 amide bonds. The van der Waals surface area contributed by atoms with Crippen LogP contribution in [0.15, 0.2) is 35.9 Å². The fourth-order valence-corrected chi connectivity index (χ4v) is 4.60. The SMILES string of the molecule is CCCOc1ccc(/C(O)=C2\C(=O)C(=O)N(CCCN(C)C)C2c2cc(OC)c(OC)c(OC)c2)cc1C. The number of likely N-dealkylation sites (tertiary alicyclic amines) is 1. The van der Waals surface area contributed by atoms with E-state index < -0.39 is 17.7 Å². The van der Waals surface area contributed by atoms with E-state index in [2.05, 4.69) is 0 Å². The van der Waals surface area contributed by atoms with Gasteiger partial charge in [-0.25, -0.2) is 0 Å². The molecule has 0 radical (unpaired) electrons. The second-order valence-corrected chi connectivity index (χ2v) is 9.44. The molecule has 0 aliphatic carbocycles. The van der Waals surface area contributed by atoms with Crippen molar-refractivity contribution < 1.29 is 33.6 Å². The van der Waals surface area contributed by atoms with Gasteiger partial charge in [0.1, 0.15) is 11.5 Å². The van der Waals surface area contributed by atoms with E-state index in [-0.39, 0.29) is 11.3 Å². The maximum Gasteiger partial charge on any atom is 0.295 e. The summed E-state index contributed by atoms with van der Waals surface area (Å²) >= 11 is 0. The maximum absolute atomic E-state index is 13.4. The van der Waals surface area contributed by atoms with Gasteiger partial charge in [-0.05, 0) is 81.9 Å². The molecule has 1 N–H and O–H groups in total. The molecule has 0 aromatic heterocycles. The molecule has 9 heteroatoms. The number of methoxy groups -OCH3 is 3. The highest BCUT2D eigenvalue weighted by atomic mass is 16.5. The molecule has 206 valence electrons. The number of ether oxygens (including phenoxy) is 4. The molecule has 0 spiro atoms. The lowest BCUT2D eigenvalue weighted by Gasteiger charge is -2.27. The van der Waals surface area contributed by atoms with Crippen molar-refractivity contribution in [3.05, 3.63) is 52.6 Å². The van der Waals surface area contributed by atoms with Gasteiger partial charge in [0, 0.05) is 12.1 Å². The van der Waals surface area contributed by atoms with Crippen molar-refractivity contribution in [2.24, 2.45) is 0 Å². The molecule has 1 saturated heterocycles. The zero-order valence-corrected chi connectivity index (χ0v) is 23.3. The van der Waals surface area contributed by atoms with Gasteiger partial charge in [0.25, 0.3) is 11.7 Å². The Labute approximate surface area is 224 Å². The standard InChI is InChI=1S/C29H38N2O7/c1-8-14-38-21-11-10-19(15-18(21)2)26(32)24-25(31(29(34)27(24)33)13-9-12-30(3)4)20-16-22(35-5)28(37-7)23(17-20)36-6/h10-11,15-17,25,32H,8-9,12-14H2,1-7H3/b26-24+. The van der Waals surface area contributed by atoms with E-state index in [4.69, 9.17) is 18.9 Å². The van der Waals surface area contributed by atoms with E-state index in [1.54, 1.807) is 30.3 Å². The third kappa shape index (κ3) is 5.88. The van der Waals surface area contributed by atoms with Crippen LogP contribution < -0.4 is 18.9 Å². The Morgan fingerprint density at radius 1 is 1.00 bits per heavy atom. The maximum atomic E-state index is 13.4. The molecule has 1 aliphatic heterocycles. The minimum Gasteiger partial charge on any atom is -0.507 e. The number of hydrogen-bond donors (Lipinski definition) is 1. The van der Waals surface area contributed by atoms with Crippen molar-refractivity contribution in [2.45, 2.75) is 32.7 Å². The highest BCUT2D eigenvalue weighted by molar-refractivity contribution is 6.46. The molecule has 1 unspecified atom stereocenters. The summed E-state index contributed by atoms with van der Waals surface area (Å²) in [6.45, 7) is 5.52. The van der Waals surface area contributed by atoms with E-state index in [9.17, 15) is 14.7 Å². The number of hydrogen-bond acceptors (Lipinski definition) is 8. The fraction of sp³-hybridized carbons (Fsp3) is 0.448. The number of benzene rings is 2. The molecule has 1 heterocycles. The fourth-order valence-electron chi connectivity index (χ4n) is 4.60. The topological polar surface area (TPSA) is 97.8 Å². The quantitative estimate of drug-likeness (QED) is 0.250. The van der Waals surface area contributed by atoms with Crippen LogP contribution in [-0.4, -0.2) is 81.7 Å². The molecular weight excluding hydrogens is 488 g/mol. The van der Waals surface area contributed by atoms with E-state index in [1.807, 2.05) is 32.8 Å². The summed E-state index contributed by atoms with van der Waals surface area (Å²) in [5.41, 5.74) is 1.81. The van der Waals surface area contributed by atoms with Crippen LogP contribution in [0.25, 0.3) is 5.76 Å². The Morgan fingerprint density at radius 2 is 1.66 bits per heavy atom. The second-order valence-electron chi connectivity index (χ2n) is 9.44. The smallest absolute Gasteiger partial charge is 0.295 e. The summed E-state index contributed by atoms with van der Waals surface area (Å²) in [7, 11) is 8.39. The minimum atomic E-state index is -0.845. The predicted octanol–water partition coefficient (Wildman–Crippen LogP) is 4.18. The third-order valence-corrected chi connectivity index (χ3v) is 6.46. The molecule has 1 fully saturated rings. The van der Waals surface area contributed by atoms with E-state index in [1.165, 1.54) is 26.2 Å². The molecule has 1 aliphatic rings. The van der Waals surface area contributed by atoms with Gasteiger partial charge in [-0.2, -0.15) is 0 Å². The molecule has 9 nitrogen and oxygen atoms in total. The summed E-state index contributed by atoms with van der Waals surface area (Å²) in [5.74, 6) is 0.208. The number of carbonyl (C=O) groups excluding carboxylic acids is 2. The zero-order chi connectivity index (χ0) is 28.0. The summed E-state index contributed by atoms with van der Waals surface area (Å²) in [4.78, 5) is 30.2. The molecule has 1 atom stereocenters. The van der Waals surface area contributed by atoms with Gasteiger partial charge in [0.15, 0.2) is 11.5 Å². The monoisotopic (exact) mass is 526 g/mol. The number of nitrogens with zero attached hydrogens (tertiary/aromatic N) is 2. The number of aryl methyl sites for hydroxylation is 1. The first-order valence-electron chi connectivity index (χ1n) is 12.6. The average molecular weight is 527 g/mol. The van der Waals surface area contributed by atoms with Gasteiger partial charge in [-0.15, -0.1) is 0 Å². The molecule has 38 heavy (non-hydrogen) atoms. The van der Waals surface area contributed by atoms with Crippen LogP contribution in [0.4, 0.5) is 0 Å². The first-order chi connectivity index (χ1) is 18.2. The Kier molecular flexibility index (Phi) is 9.63. The Hall–Kier alpha value is -3.72. The number of ketones is 1. The first kappa shape index (κ1) is 28.8. The Morgan fingerprint density at radius 3 is 2.18 bits per heavy atom. The normalized spacial score (nSPS) is 16.7. The number of amides is 1. The number of Topliss-reactive ketones (excluding diaryl/α,β-unsaturated/α-hetero) is 1. The third-order valence-electron chi connectivity index (χ3n) is 6.46. The molecule has 0 bridgehead atoms. The minimum absolute atomic E-state index is 0.00996. The van der Waals surface area contributed by atoms with Crippen molar-refractivity contribution >= 4 is 17.4 Å². The van der Waals surface area contributed by atoms with Gasteiger partial charge >= 0.3 is 0 Å². The van der Waals surface area contributed by atoms with Crippen molar-refractivity contribution in [1.29, 1.82) is 0 Å². The van der Waals surface area contributed by atoms with E-state index in [0.717, 1.165) is 18.5 Å². The van der Waals surface area contributed by atoms with Crippen LogP contribution in [-0.2, 0) is 9.59 Å². The van der Waals surface area contributed by atoms with Crippen LogP contribution in [0.5, 0.6) is 23.0 Å². The average Bonchev–Trinajstić information content (AvgIpc) is 3.15. The van der Waals surface area contributed by atoms with Crippen molar-refractivity contribution in [3.8, 4) is 23.0 Å². The van der Waals surface area contributed by atoms with Crippen molar-refractivity contribution in [3.63, 3.8) is 0 Å². The van der Waals surface area contributed by atoms with Crippen LogP contribution in [0.1, 0.15) is 42.5 Å². The van der Waals surface area contributed by atoms with Gasteiger partial charge < -0.3 is 33.9 Å². The highest BCUT2D eigenvalue weighted by Gasteiger charge is 2.46. The second kappa shape index (κ2) is 12.7. The van der Waals surface area contributed by atoms with Gasteiger partial charge in [-0.3, -0.25) is 9.59 Å².